The van der Waals surface area contributed by atoms with E-state index in [1.165, 1.54) is 18.2 Å². The molecule has 0 saturated carbocycles. The van der Waals surface area contributed by atoms with Crippen molar-refractivity contribution in [1.29, 1.82) is 0 Å². The molecule has 3 aromatic rings. The van der Waals surface area contributed by atoms with Gasteiger partial charge < -0.3 is 19.1 Å². The van der Waals surface area contributed by atoms with Crippen LogP contribution in [0.2, 0.25) is 0 Å². The molecule has 0 bridgehead atoms. The molecule has 7 nitrogen and oxygen atoms in total. The molecule has 0 aliphatic carbocycles. The molecule has 8 heteroatoms. The van der Waals surface area contributed by atoms with E-state index in [9.17, 15) is 9.50 Å². The van der Waals surface area contributed by atoms with Crippen LogP contribution in [0.4, 0.5) is 4.39 Å². The molecule has 1 aromatic heterocycles. The molecular weight excluding hydrogens is 341 g/mol. The van der Waals surface area contributed by atoms with Crippen LogP contribution in [0.3, 0.4) is 0 Å². The van der Waals surface area contributed by atoms with E-state index in [4.69, 9.17) is 14.0 Å². The predicted octanol–water partition coefficient (Wildman–Crippen LogP) is 3.61. The van der Waals surface area contributed by atoms with Crippen LogP contribution < -0.4 is 4.74 Å². The zero-order chi connectivity index (χ0) is 18.1. The van der Waals surface area contributed by atoms with Crippen LogP contribution in [0.25, 0.3) is 11.5 Å². The molecule has 0 unspecified atom stereocenters. The van der Waals surface area contributed by atoms with Crippen molar-refractivity contribution in [3.8, 4) is 23.0 Å². The lowest BCUT2D eigenvalue weighted by atomic mass is 9.93. The summed E-state index contributed by atoms with van der Waals surface area (Å²) in [5.74, 6) is 0.458. The second-order valence-electron chi connectivity index (χ2n) is 6.02. The lowest BCUT2D eigenvalue weighted by molar-refractivity contribution is -0.00742. The van der Waals surface area contributed by atoms with Gasteiger partial charge in [-0.25, -0.2) is 4.39 Å². The van der Waals surface area contributed by atoms with E-state index in [1.807, 2.05) is 6.92 Å². The van der Waals surface area contributed by atoms with Crippen molar-refractivity contribution < 1.29 is 23.5 Å². The largest absolute Gasteiger partial charge is 0.508 e. The number of oxime groups is 1. The highest BCUT2D eigenvalue weighted by atomic mass is 19.1. The molecule has 2 heterocycles. The summed E-state index contributed by atoms with van der Waals surface area (Å²) in [7, 11) is 0. The number of phenolic OH excluding ortho intramolecular Hbond substituents is 1. The molecule has 1 aliphatic heterocycles. The summed E-state index contributed by atoms with van der Waals surface area (Å²) >= 11 is 0. The average Bonchev–Trinajstić information content (AvgIpc) is 3.28. The van der Waals surface area contributed by atoms with Crippen molar-refractivity contribution in [2.45, 2.75) is 18.9 Å². The zero-order valence-corrected chi connectivity index (χ0v) is 13.7. The van der Waals surface area contributed by atoms with Crippen molar-refractivity contribution in [3.05, 3.63) is 60.2 Å². The Morgan fingerprint density at radius 1 is 1.19 bits per heavy atom. The number of nitrogens with zero attached hydrogens (tertiary/aromatic N) is 3. The van der Waals surface area contributed by atoms with Gasteiger partial charge in [-0.1, -0.05) is 17.3 Å². The van der Waals surface area contributed by atoms with E-state index < -0.39 is 11.4 Å². The van der Waals surface area contributed by atoms with Crippen molar-refractivity contribution in [2.24, 2.45) is 5.16 Å². The zero-order valence-electron chi connectivity index (χ0n) is 13.7. The molecule has 0 radical (unpaired) electrons. The number of aromatic hydroxyl groups is 1. The molecular formula is C18H14FN3O4. The summed E-state index contributed by atoms with van der Waals surface area (Å²) in [6, 6.07) is 10.9. The van der Waals surface area contributed by atoms with Gasteiger partial charge in [0.05, 0.1) is 12.0 Å². The highest BCUT2D eigenvalue weighted by molar-refractivity contribution is 5.81. The van der Waals surface area contributed by atoms with Gasteiger partial charge in [0.1, 0.15) is 17.3 Å². The maximum absolute atomic E-state index is 14.0. The van der Waals surface area contributed by atoms with Crippen molar-refractivity contribution in [3.63, 3.8) is 0 Å². The second kappa shape index (κ2) is 6.14. The van der Waals surface area contributed by atoms with E-state index >= 15 is 0 Å². The maximum atomic E-state index is 14.0. The number of aromatic nitrogens is 2. The number of halogens is 1. The third-order valence-electron chi connectivity index (χ3n) is 4.08. The Bertz CT molecular complexity index is 957. The SMILES string of the molecule is C[C@]1(c2ccc(O)cc2)CC(Oc2ccc(F)c(-c3nnco3)c2)=NO1. The van der Waals surface area contributed by atoms with E-state index in [-0.39, 0.29) is 17.2 Å². The summed E-state index contributed by atoms with van der Waals surface area (Å²) < 4.78 is 24.7. The van der Waals surface area contributed by atoms with E-state index in [1.54, 1.807) is 24.3 Å². The Morgan fingerprint density at radius 2 is 2.00 bits per heavy atom. The minimum atomic E-state index is -0.710. The molecule has 0 fully saturated rings. The molecule has 1 aliphatic rings. The summed E-state index contributed by atoms with van der Waals surface area (Å²) in [5, 5.41) is 20.6. The fraction of sp³-hybridized carbons (Fsp3) is 0.167. The van der Waals surface area contributed by atoms with Crippen LogP contribution in [0.15, 0.2) is 58.4 Å². The first-order valence-corrected chi connectivity index (χ1v) is 7.82. The van der Waals surface area contributed by atoms with E-state index in [0.717, 1.165) is 12.0 Å². The topological polar surface area (TPSA) is 90.0 Å². The van der Waals surface area contributed by atoms with Crippen molar-refractivity contribution in [2.75, 3.05) is 0 Å². The quantitative estimate of drug-likeness (QED) is 0.772. The minimum absolute atomic E-state index is 0.0616. The van der Waals surface area contributed by atoms with Gasteiger partial charge in [-0.15, -0.1) is 10.2 Å². The lowest BCUT2D eigenvalue weighted by Crippen LogP contribution is -2.23. The highest BCUT2D eigenvalue weighted by Crippen LogP contribution is 2.36. The Labute approximate surface area is 147 Å². The molecule has 4 rings (SSSR count). The predicted molar refractivity (Wildman–Crippen MR) is 88.9 cm³/mol. The number of hydrogen-bond donors (Lipinski definition) is 1. The Balaban J connectivity index is 1.52. The summed E-state index contributed by atoms with van der Waals surface area (Å²) in [6.07, 6.45) is 1.51. The maximum Gasteiger partial charge on any atom is 0.250 e. The number of ether oxygens (including phenoxy) is 1. The molecule has 132 valence electrons. The normalized spacial score (nSPS) is 19.1. The molecule has 1 atom stereocenters. The molecule has 26 heavy (non-hydrogen) atoms. The molecule has 0 saturated heterocycles. The monoisotopic (exact) mass is 355 g/mol. The van der Waals surface area contributed by atoms with Crippen LogP contribution in [-0.2, 0) is 10.4 Å². The standard InChI is InChI=1S/C18H14FN3O4/c1-18(11-2-4-12(23)5-3-11)9-16(22-26-18)25-13-6-7-15(19)14(8-13)17-21-20-10-24-17/h2-8,10,23H,9H2,1H3/t18-/m1/s1. The Morgan fingerprint density at radius 3 is 2.73 bits per heavy atom. The van der Waals surface area contributed by atoms with Gasteiger partial charge >= 0.3 is 0 Å². The highest BCUT2D eigenvalue weighted by Gasteiger charge is 2.37. The molecule has 0 spiro atoms. The van der Waals surface area contributed by atoms with Gasteiger partial charge in [0.25, 0.3) is 5.89 Å². The van der Waals surface area contributed by atoms with Crippen LogP contribution >= 0.6 is 0 Å². The fourth-order valence-electron chi connectivity index (χ4n) is 2.69. The van der Waals surface area contributed by atoms with Crippen LogP contribution in [0, 0.1) is 5.82 Å². The number of phenols is 1. The van der Waals surface area contributed by atoms with Crippen LogP contribution in [0.1, 0.15) is 18.9 Å². The first kappa shape index (κ1) is 16.1. The van der Waals surface area contributed by atoms with Gasteiger partial charge in [0.15, 0.2) is 5.60 Å². The number of hydrogen-bond acceptors (Lipinski definition) is 7. The first-order valence-electron chi connectivity index (χ1n) is 7.82. The van der Waals surface area contributed by atoms with Crippen LogP contribution in [-0.4, -0.2) is 21.2 Å². The molecule has 1 N–H and O–H groups in total. The van der Waals surface area contributed by atoms with Crippen LogP contribution in [0.5, 0.6) is 11.5 Å². The van der Waals surface area contributed by atoms with E-state index in [0.29, 0.717) is 18.1 Å². The van der Waals surface area contributed by atoms with Crippen molar-refractivity contribution in [1.82, 2.24) is 10.2 Å². The molecule has 2 aromatic carbocycles. The third-order valence-corrected chi connectivity index (χ3v) is 4.08. The Kier molecular flexibility index (Phi) is 3.80. The fourth-order valence-corrected chi connectivity index (χ4v) is 2.69. The van der Waals surface area contributed by atoms with Gasteiger partial charge in [0, 0.05) is 0 Å². The van der Waals surface area contributed by atoms with Gasteiger partial charge in [-0.3, -0.25) is 0 Å². The molecule has 0 amide bonds. The third kappa shape index (κ3) is 2.97. The second-order valence-corrected chi connectivity index (χ2v) is 6.02. The number of rotatable bonds is 3. The van der Waals surface area contributed by atoms with Gasteiger partial charge in [-0.05, 0) is 42.8 Å². The number of benzene rings is 2. The lowest BCUT2D eigenvalue weighted by Gasteiger charge is -2.21. The smallest absolute Gasteiger partial charge is 0.250 e. The summed E-state index contributed by atoms with van der Waals surface area (Å²) in [6.45, 7) is 1.87. The summed E-state index contributed by atoms with van der Waals surface area (Å²) in [4.78, 5) is 5.54. The first-order chi connectivity index (χ1) is 12.5. The van der Waals surface area contributed by atoms with Gasteiger partial charge in [0.2, 0.25) is 12.3 Å². The minimum Gasteiger partial charge on any atom is -0.508 e. The Hall–Kier alpha value is -3.42. The summed E-state index contributed by atoms with van der Waals surface area (Å²) in [5.41, 5.74) is 0.280. The van der Waals surface area contributed by atoms with Crippen molar-refractivity contribution >= 4 is 5.90 Å². The van der Waals surface area contributed by atoms with Gasteiger partial charge in [-0.2, -0.15) is 0 Å². The van der Waals surface area contributed by atoms with E-state index in [2.05, 4.69) is 15.4 Å². The average molecular weight is 355 g/mol.